The lowest BCUT2D eigenvalue weighted by Crippen LogP contribution is -2.55. The summed E-state index contributed by atoms with van der Waals surface area (Å²) in [5.41, 5.74) is 8.67. The molecular formula is C11H24N4O2. The largest absolute Gasteiger partial charge is 0.385 e. The molecule has 1 atom stereocenters. The zero-order chi connectivity index (χ0) is 12.7. The van der Waals surface area contributed by atoms with Crippen LogP contribution in [0.4, 0.5) is 0 Å². The third kappa shape index (κ3) is 5.45. The monoisotopic (exact) mass is 244 g/mol. The summed E-state index contributed by atoms with van der Waals surface area (Å²) in [6.07, 6.45) is 1.47. The molecule has 1 amide bonds. The Balaban J connectivity index is 2.19. The fourth-order valence-electron chi connectivity index (χ4n) is 1.74. The van der Waals surface area contributed by atoms with Gasteiger partial charge in [0, 0.05) is 39.9 Å². The number of carbonyl (C=O) groups excluding carboxylic acids is 1. The van der Waals surface area contributed by atoms with E-state index >= 15 is 0 Å². The van der Waals surface area contributed by atoms with Gasteiger partial charge in [-0.1, -0.05) is 0 Å². The van der Waals surface area contributed by atoms with Gasteiger partial charge in [0.05, 0.1) is 6.04 Å². The number of piperazine rings is 1. The summed E-state index contributed by atoms with van der Waals surface area (Å²) >= 11 is 0. The first-order chi connectivity index (χ1) is 8.13. The second kappa shape index (κ2) is 7.60. The molecule has 3 N–H and O–H groups in total. The van der Waals surface area contributed by atoms with Gasteiger partial charge in [0.1, 0.15) is 0 Å². The maximum Gasteiger partial charge on any atom is 0.251 e. The van der Waals surface area contributed by atoms with Gasteiger partial charge in [-0.2, -0.15) is 0 Å². The molecule has 100 valence electrons. The normalized spacial score (nSPS) is 20.2. The van der Waals surface area contributed by atoms with Crippen molar-refractivity contribution < 1.29 is 9.53 Å². The quantitative estimate of drug-likeness (QED) is 0.588. The SMILES string of the molecule is COCCCC(N)C(=O)NN1CCN(C)CC1. The number of nitrogens with zero attached hydrogens (tertiary/aromatic N) is 2. The van der Waals surface area contributed by atoms with Crippen molar-refractivity contribution in [3.63, 3.8) is 0 Å². The van der Waals surface area contributed by atoms with Crippen LogP contribution in [0.15, 0.2) is 0 Å². The van der Waals surface area contributed by atoms with Crippen molar-refractivity contribution in [2.24, 2.45) is 5.73 Å². The molecule has 1 aliphatic rings. The van der Waals surface area contributed by atoms with Gasteiger partial charge in [-0.05, 0) is 19.9 Å². The zero-order valence-electron chi connectivity index (χ0n) is 10.8. The Bertz CT molecular complexity index is 230. The predicted molar refractivity (Wildman–Crippen MR) is 66.3 cm³/mol. The standard InChI is InChI=1S/C11H24N4O2/c1-14-5-7-15(8-6-14)13-11(16)10(12)4-3-9-17-2/h10H,3-9,12H2,1-2H3,(H,13,16). The number of nitrogens with two attached hydrogens (primary N) is 1. The first-order valence-corrected chi connectivity index (χ1v) is 6.12. The maximum atomic E-state index is 11.8. The lowest BCUT2D eigenvalue weighted by Gasteiger charge is -2.33. The highest BCUT2D eigenvalue weighted by atomic mass is 16.5. The van der Waals surface area contributed by atoms with Crippen LogP contribution in [0.5, 0.6) is 0 Å². The number of likely N-dealkylation sites (N-methyl/N-ethyl adjacent to an activating group) is 1. The third-order valence-corrected chi connectivity index (χ3v) is 2.97. The highest BCUT2D eigenvalue weighted by Gasteiger charge is 2.19. The molecule has 1 rings (SSSR count). The van der Waals surface area contributed by atoms with Gasteiger partial charge < -0.3 is 15.4 Å². The van der Waals surface area contributed by atoms with Crippen molar-refractivity contribution in [3.8, 4) is 0 Å². The number of hydrogen-bond acceptors (Lipinski definition) is 5. The highest BCUT2D eigenvalue weighted by molar-refractivity contribution is 5.80. The van der Waals surface area contributed by atoms with E-state index in [-0.39, 0.29) is 5.91 Å². The van der Waals surface area contributed by atoms with Crippen molar-refractivity contribution >= 4 is 5.91 Å². The molecule has 0 radical (unpaired) electrons. The summed E-state index contributed by atoms with van der Waals surface area (Å²) in [4.78, 5) is 14.0. The van der Waals surface area contributed by atoms with E-state index in [1.54, 1.807) is 7.11 Å². The van der Waals surface area contributed by atoms with E-state index in [9.17, 15) is 4.79 Å². The van der Waals surface area contributed by atoms with Gasteiger partial charge in [0.15, 0.2) is 0 Å². The first-order valence-electron chi connectivity index (χ1n) is 6.12. The second-order valence-corrected chi connectivity index (χ2v) is 4.51. The number of carbonyl (C=O) groups is 1. The number of ether oxygens (including phenoxy) is 1. The maximum absolute atomic E-state index is 11.8. The molecule has 0 aromatic rings. The molecule has 6 heteroatoms. The minimum absolute atomic E-state index is 0.0920. The summed E-state index contributed by atoms with van der Waals surface area (Å²) in [5.74, 6) is -0.0920. The summed E-state index contributed by atoms with van der Waals surface area (Å²) in [5, 5.41) is 1.94. The van der Waals surface area contributed by atoms with E-state index in [1.165, 1.54) is 0 Å². The first kappa shape index (κ1) is 14.4. The lowest BCUT2D eigenvalue weighted by molar-refractivity contribution is -0.128. The van der Waals surface area contributed by atoms with Gasteiger partial charge in [0.2, 0.25) is 0 Å². The number of rotatable bonds is 6. The van der Waals surface area contributed by atoms with Crippen LogP contribution in [-0.4, -0.2) is 68.8 Å². The fourth-order valence-corrected chi connectivity index (χ4v) is 1.74. The third-order valence-electron chi connectivity index (χ3n) is 2.97. The molecule has 1 saturated heterocycles. The van der Waals surface area contributed by atoms with Gasteiger partial charge >= 0.3 is 0 Å². The summed E-state index contributed by atoms with van der Waals surface area (Å²) in [6, 6.07) is -0.440. The molecule has 1 unspecified atom stereocenters. The van der Waals surface area contributed by atoms with Crippen LogP contribution in [0.1, 0.15) is 12.8 Å². The highest BCUT2D eigenvalue weighted by Crippen LogP contribution is 1.98. The number of hydrogen-bond donors (Lipinski definition) is 2. The van der Waals surface area contributed by atoms with Gasteiger partial charge in [0.25, 0.3) is 5.91 Å². The van der Waals surface area contributed by atoms with E-state index in [1.807, 2.05) is 5.01 Å². The number of hydrazine groups is 1. The van der Waals surface area contributed by atoms with Crippen LogP contribution in [0.2, 0.25) is 0 Å². The van der Waals surface area contributed by atoms with Crippen LogP contribution >= 0.6 is 0 Å². The Hall–Kier alpha value is -0.690. The topological polar surface area (TPSA) is 70.8 Å². The Labute approximate surface area is 103 Å². The predicted octanol–water partition coefficient (Wildman–Crippen LogP) is -0.981. The van der Waals surface area contributed by atoms with Crippen molar-refractivity contribution in [2.75, 3.05) is 46.9 Å². The molecular weight excluding hydrogens is 220 g/mol. The van der Waals surface area contributed by atoms with E-state index < -0.39 is 6.04 Å². The Morgan fingerprint density at radius 2 is 2.06 bits per heavy atom. The summed E-state index contributed by atoms with van der Waals surface area (Å²) in [7, 11) is 3.73. The van der Waals surface area contributed by atoms with Gasteiger partial charge in [-0.15, -0.1) is 0 Å². The molecule has 0 aromatic heterocycles. The van der Waals surface area contributed by atoms with Crippen LogP contribution in [0.3, 0.4) is 0 Å². The number of amides is 1. The molecule has 0 saturated carbocycles. The van der Waals surface area contributed by atoms with Crippen molar-refractivity contribution in [3.05, 3.63) is 0 Å². The minimum atomic E-state index is -0.440. The molecule has 0 aliphatic carbocycles. The zero-order valence-corrected chi connectivity index (χ0v) is 10.8. The molecule has 0 bridgehead atoms. The smallest absolute Gasteiger partial charge is 0.251 e. The van der Waals surface area contributed by atoms with Crippen LogP contribution in [-0.2, 0) is 9.53 Å². The van der Waals surface area contributed by atoms with E-state index in [0.717, 1.165) is 32.6 Å². The van der Waals surface area contributed by atoms with E-state index in [0.29, 0.717) is 13.0 Å². The molecule has 0 aromatic carbocycles. The van der Waals surface area contributed by atoms with Crippen LogP contribution in [0, 0.1) is 0 Å². The second-order valence-electron chi connectivity index (χ2n) is 4.51. The molecule has 1 fully saturated rings. The molecule has 1 aliphatic heterocycles. The minimum Gasteiger partial charge on any atom is -0.385 e. The fraction of sp³-hybridized carbons (Fsp3) is 0.909. The average Bonchev–Trinajstić information content (AvgIpc) is 2.32. The van der Waals surface area contributed by atoms with Crippen LogP contribution < -0.4 is 11.2 Å². The molecule has 17 heavy (non-hydrogen) atoms. The van der Waals surface area contributed by atoms with Gasteiger partial charge in [-0.3, -0.25) is 10.2 Å². The van der Waals surface area contributed by atoms with E-state index in [4.69, 9.17) is 10.5 Å². The van der Waals surface area contributed by atoms with Crippen LogP contribution in [0.25, 0.3) is 0 Å². The average molecular weight is 244 g/mol. The summed E-state index contributed by atoms with van der Waals surface area (Å²) < 4.78 is 4.93. The van der Waals surface area contributed by atoms with E-state index in [2.05, 4.69) is 17.4 Å². The molecule has 0 spiro atoms. The Morgan fingerprint density at radius 3 is 2.65 bits per heavy atom. The Kier molecular flexibility index (Phi) is 6.43. The number of methoxy groups -OCH3 is 1. The number of nitrogens with one attached hydrogen (secondary N) is 1. The molecule has 6 nitrogen and oxygen atoms in total. The van der Waals surface area contributed by atoms with Crippen molar-refractivity contribution in [1.29, 1.82) is 0 Å². The molecule has 1 heterocycles. The summed E-state index contributed by atoms with van der Waals surface area (Å²) in [6.45, 7) is 4.30. The van der Waals surface area contributed by atoms with Crippen molar-refractivity contribution in [2.45, 2.75) is 18.9 Å². The Morgan fingerprint density at radius 1 is 1.41 bits per heavy atom. The van der Waals surface area contributed by atoms with Crippen molar-refractivity contribution in [1.82, 2.24) is 15.3 Å². The van der Waals surface area contributed by atoms with Gasteiger partial charge in [-0.25, -0.2) is 5.01 Å². The lowest BCUT2D eigenvalue weighted by atomic mass is 10.1.